The van der Waals surface area contributed by atoms with E-state index in [-0.39, 0.29) is 50.1 Å². The topological polar surface area (TPSA) is 186 Å². The van der Waals surface area contributed by atoms with Crippen molar-refractivity contribution in [3.63, 3.8) is 0 Å². The summed E-state index contributed by atoms with van der Waals surface area (Å²) in [6, 6.07) is 14.2. The van der Waals surface area contributed by atoms with Crippen LogP contribution in [0.15, 0.2) is 78.5 Å². The number of benzene rings is 4. The smallest absolute Gasteiger partial charge is 0.266 e. The summed E-state index contributed by atoms with van der Waals surface area (Å²) in [4.78, 5) is 33.7. The molecule has 8 rings (SSSR count). The number of hydrogen-bond donors (Lipinski definition) is 0. The molecule has 0 unspecified atom stereocenters. The molecule has 0 saturated heterocycles. The molecule has 0 N–H and O–H groups in total. The molecule has 0 fully saturated rings. The number of aromatic nitrogens is 4. The lowest BCUT2D eigenvalue weighted by atomic mass is 10.0. The Balaban J connectivity index is 1.37. The molecule has 19 heteroatoms. The summed E-state index contributed by atoms with van der Waals surface area (Å²) < 4.78 is 106. The number of hydrogen-bond acceptors (Lipinski definition) is 12. The summed E-state index contributed by atoms with van der Waals surface area (Å²) in [6.07, 6.45) is 0. The normalized spacial score (nSPS) is 14.4. The molecule has 2 aliphatic rings. The number of oxazole rings is 1. The molecular weight excluding hydrogens is 735 g/mol. The second kappa shape index (κ2) is 12.6. The van der Waals surface area contributed by atoms with Gasteiger partial charge in [0.25, 0.3) is 5.89 Å². The minimum absolute atomic E-state index is 0.118. The Morgan fingerprint density at radius 1 is 0.636 bits per heavy atom. The number of allylic oxidation sites excluding steroid dienone is 2. The van der Waals surface area contributed by atoms with E-state index in [9.17, 15) is 46.5 Å². The second-order valence-corrected chi connectivity index (χ2v) is 11.5. The standard InChI is InChI=1S/C36H10F7N11O/c1-12-2-5-22-20(6-12)49-36(55-22)35-53-31(52-34(54-35)17(11-46)33-48-21-8-13(37)7-18(38)30(21)51-33)14-3-4-19-29(15(14)9-44)50-32(47-19)16(10-45)23-24(39)26(41)28(43)27(42)25(23)40/h2-8H,1H3/b32-16+,33-17-. The zero-order valence-electron chi connectivity index (χ0n) is 27.0. The predicted octanol–water partition coefficient (Wildman–Crippen LogP) is 4.79. The van der Waals surface area contributed by atoms with Gasteiger partial charge in [-0.3, -0.25) is 0 Å². The lowest BCUT2D eigenvalue weighted by Gasteiger charge is -2.07. The van der Waals surface area contributed by atoms with E-state index >= 15 is 0 Å². The van der Waals surface area contributed by atoms with Crippen molar-refractivity contribution in [2.45, 2.75) is 6.92 Å². The summed E-state index contributed by atoms with van der Waals surface area (Å²) in [5.41, 5.74) is -2.06. The van der Waals surface area contributed by atoms with Crippen LogP contribution in [0.5, 0.6) is 0 Å². The molecule has 264 valence electrons. The first-order chi connectivity index (χ1) is 26.4. The van der Waals surface area contributed by atoms with Gasteiger partial charge in [-0.15, -0.1) is 0 Å². The summed E-state index contributed by atoms with van der Waals surface area (Å²) in [7, 11) is 0. The van der Waals surface area contributed by atoms with Crippen molar-refractivity contribution in [3.8, 4) is 41.3 Å². The van der Waals surface area contributed by atoms with E-state index < -0.39 is 74.9 Å². The molecule has 2 aromatic heterocycles. The lowest BCUT2D eigenvalue weighted by Crippen LogP contribution is -2.25. The van der Waals surface area contributed by atoms with Gasteiger partial charge in [0.05, 0.1) is 21.8 Å². The SMILES string of the molecule is Cc1ccc2oc(-c3nc(/C(C#N)=C4/N=c5cc(F)cc(F)c5=N4)nc(-c4ccc5c(c4C#N)=N/C(=C(\C#N)c4c(F)c(F)c(F)c(F)c4F)N=5)n3)nc2c1. The monoisotopic (exact) mass is 745 g/mol. The number of halogens is 7. The quantitative estimate of drug-likeness (QED) is 0.107. The van der Waals surface area contributed by atoms with E-state index in [0.717, 1.165) is 11.6 Å². The molecule has 0 radical (unpaired) electrons. The third-order valence-corrected chi connectivity index (χ3v) is 8.13. The van der Waals surface area contributed by atoms with Crippen molar-refractivity contribution in [2.75, 3.05) is 0 Å². The molecule has 0 aliphatic carbocycles. The van der Waals surface area contributed by atoms with Gasteiger partial charge in [0.1, 0.15) is 51.4 Å². The Morgan fingerprint density at radius 2 is 1.29 bits per heavy atom. The minimum Gasteiger partial charge on any atom is -0.434 e. The van der Waals surface area contributed by atoms with Crippen molar-refractivity contribution in [2.24, 2.45) is 20.0 Å². The first kappa shape index (κ1) is 34.1. The van der Waals surface area contributed by atoms with Crippen molar-refractivity contribution in [1.82, 2.24) is 19.9 Å². The van der Waals surface area contributed by atoms with Crippen molar-refractivity contribution in [1.29, 1.82) is 15.8 Å². The number of nitriles is 3. The van der Waals surface area contributed by atoms with Gasteiger partial charge in [0, 0.05) is 17.7 Å². The summed E-state index contributed by atoms with van der Waals surface area (Å²) in [6.45, 7) is 1.82. The van der Waals surface area contributed by atoms with Crippen molar-refractivity contribution in [3.05, 3.63) is 139 Å². The zero-order valence-corrected chi connectivity index (χ0v) is 27.0. The van der Waals surface area contributed by atoms with Crippen molar-refractivity contribution < 1.29 is 35.2 Å². The molecule has 0 atom stereocenters. The molecule has 0 amide bonds. The molecule has 55 heavy (non-hydrogen) atoms. The highest BCUT2D eigenvalue weighted by Gasteiger charge is 2.31. The average Bonchev–Trinajstić information content (AvgIpc) is 3.91. The van der Waals surface area contributed by atoms with Gasteiger partial charge in [-0.1, -0.05) is 6.07 Å². The maximum Gasteiger partial charge on any atom is 0.266 e. The highest BCUT2D eigenvalue weighted by molar-refractivity contribution is 5.81. The van der Waals surface area contributed by atoms with Gasteiger partial charge in [-0.05, 0) is 36.8 Å². The highest BCUT2D eigenvalue weighted by Crippen LogP contribution is 2.32. The largest absolute Gasteiger partial charge is 0.434 e. The van der Waals surface area contributed by atoms with Crippen LogP contribution in [0.2, 0.25) is 0 Å². The molecular formula is C36H10F7N11O. The highest BCUT2D eigenvalue weighted by atomic mass is 19.2. The van der Waals surface area contributed by atoms with E-state index in [4.69, 9.17) is 4.42 Å². The van der Waals surface area contributed by atoms with Crippen LogP contribution in [0, 0.1) is 81.6 Å². The number of nitrogens with zero attached hydrogens (tertiary/aromatic N) is 11. The van der Waals surface area contributed by atoms with Crippen LogP contribution in [0.3, 0.4) is 0 Å². The van der Waals surface area contributed by atoms with Gasteiger partial charge in [-0.2, -0.15) is 15.8 Å². The summed E-state index contributed by atoms with van der Waals surface area (Å²) >= 11 is 0. The number of rotatable bonds is 4. The van der Waals surface area contributed by atoms with Crippen LogP contribution in [0.1, 0.15) is 22.5 Å². The maximum absolute atomic E-state index is 14.7. The van der Waals surface area contributed by atoms with E-state index in [0.29, 0.717) is 17.2 Å². The first-order valence-electron chi connectivity index (χ1n) is 15.3. The molecule has 4 aromatic carbocycles. The summed E-state index contributed by atoms with van der Waals surface area (Å²) in [5, 5.41) is 29.3. The zero-order chi connectivity index (χ0) is 38.9. The fourth-order valence-electron chi connectivity index (χ4n) is 5.62. The third-order valence-electron chi connectivity index (χ3n) is 8.13. The molecule has 0 spiro atoms. The van der Waals surface area contributed by atoms with Crippen LogP contribution in [-0.2, 0) is 0 Å². The maximum atomic E-state index is 14.7. The van der Waals surface area contributed by atoms with Gasteiger partial charge in [-0.25, -0.2) is 70.6 Å². The molecule has 2 aliphatic heterocycles. The Hall–Kier alpha value is -7.98. The van der Waals surface area contributed by atoms with Gasteiger partial charge >= 0.3 is 0 Å². The van der Waals surface area contributed by atoms with Crippen LogP contribution in [0.4, 0.5) is 30.7 Å². The molecule has 12 nitrogen and oxygen atoms in total. The average molecular weight is 746 g/mol. The Bertz CT molecular complexity index is 3220. The second-order valence-electron chi connectivity index (χ2n) is 11.5. The number of fused-ring (bicyclic) bond motifs is 3. The fraction of sp³-hybridized carbons (Fsp3) is 0.0278. The van der Waals surface area contributed by atoms with E-state index in [1.807, 2.05) is 19.1 Å². The van der Waals surface area contributed by atoms with Crippen LogP contribution >= 0.6 is 0 Å². The molecule has 0 bridgehead atoms. The predicted molar refractivity (Wildman–Crippen MR) is 170 cm³/mol. The molecule has 4 heterocycles. The Labute approximate surface area is 299 Å². The van der Waals surface area contributed by atoms with E-state index in [2.05, 4.69) is 39.9 Å². The van der Waals surface area contributed by atoms with Gasteiger partial charge < -0.3 is 4.42 Å². The van der Waals surface area contributed by atoms with Crippen LogP contribution in [0.25, 0.3) is 45.3 Å². The Kier molecular flexibility index (Phi) is 7.82. The minimum atomic E-state index is -2.44. The van der Waals surface area contributed by atoms with Crippen LogP contribution < -0.4 is 21.4 Å². The number of aryl methyl sites for hydroxylation is 1. The van der Waals surface area contributed by atoms with E-state index in [1.165, 1.54) is 18.2 Å². The molecule has 0 saturated carbocycles. The Morgan fingerprint density at radius 3 is 2.00 bits per heavy atom. The summed E-state index contributed by atoms with van der Waals surface area (Å²) in [5.74, 6) is -16.0. The van der Waals surface area contributed by atoms with Crippen LogP contribution in [-0.4, -0.2) is 19.9 Å². The first-order valence-corrected chi connectivity index (χ1v) is 15.3. The van der Waals surface area contributed by atoms with Gasteiger partial charge in [0.2, 0.25) is 11.6 Å². The van der Waals surface area contributed by atoms with Crippen molar-refractivity contribution >= 4 is 22.2 Å². The third kappa shape index (κ3) is 5.44. The van der Waals surface area contributed by atoms with Gasteiger partial charge in [0.15, 0.2) is 58.0 Å². The lowest BCUT2D eigenvalue weighted by molar-refractivity contribution is 0.376. The fourth-order valence-corrected chi connectivity index (χ4v) is 5.62. The molecule has 6 aromatic rings. The van der Waals surface area contributed by atoms with E-state index in [1.54, 1.807) is 18.2 Å².